The fraction of sp³-hybridized carbons (Fsp3) is 0.458. The molecule has 3 heterocycles. The Morgan fingerprint density at radius 2 is 1.84 bits per heavy atom. The fourth-order valence-corrected chi connectivity index (χ4v) is 4.56. The molecule has 0 bridgehead atoms. The van der Waals surface area contributed by atoms with Crippen LogP contribution in [0.2, 0.25) is 0 Å². The summed E-state index contributed by atoms with van der Waals surface area (Å²) in [6.45, 7) is 11.2. The van der Waals surface area contributed by atoms with Gasteiger partial charge in [-0.25, -0.2) is 4.98 Å². The van der Waals surface area contributed by atoms with Crippen molar-refractivity contribution in [3.8, 4) is 0 Å². The number of amides is 1. The van der Waals surface area contributed by atoms with Gasteiger partial charge in [0.1, 0.15) is 0 Å². The Hall–Kier alpha value is -2.77. The summed E-state index contributed by atoms with van der Waals surface area (Å²) in [6, 6.07) is 10.2. The van der Waals surface area contributed by atoms with Gasteiger partial charge in [0, 0.05) is 38.9 Å². The third-order valence-electron chi connectivity index (χ3n) is 5.79. The van der Waals surface area contributed by atoms with E-state index < -0.39 is 0 Å². The second kappa shape index (κ2) is 8.77. The van der Waals surface area contributed by atoms with Crippen molar-refractivity contribution in [1.82, 2.24) is 25.0 Å². The number of benzene rings is 1. The van der Waals surface area contributed by atoms with Crippen LogP contribution in [-0.2, 0) is 24.9 Å². The molecule has 0 spiro atoms. The molecule has 7 nitrogen and oxygen atoms in total. The number of carbonyl (C=O) groups is 1. The maximum atomic E-state index is 13.1. The van der Waals surface area contributed by atoms with Crippen LogP contribution in [0.3, 0.4) is 0 Å². The molecular weight excluding hydrogens is 390 g/mol. The third kappa shape index (κ3) is 4.62. The van der Waals surface area contributed by atoms with Gasteiger partial charge in [0.25, 0.3) is 5.91 Å². The number of hydrogen-bond donors (Lipinski definition) is 1. The Morgan fingerprint density at radius 1 is 1.16 bits per heavy atom. The molecule has 1 aromatic carbocycles. The highest BCUT2D eigenvalue weighted by Gasteiger charge is 2.23. The molecule has 1 aliphatic rings. The van der Waals surface area contributed by atoms with Crippen molar-refractivity contribution in [1.29, 1.82) is 0 Å². The average molecular weight is 422 g/mol. The van der Waals surface area contributed by atoms with E-state index in [1.54, 1.807) is 4.68 Å². The van der Waals surface area contributed by atoms with Crippen LogP contribution in [0.25, 0.3) is 11.0 Å². The molecule has 0 radical (unpaired) electrons. The first-order valence-electron chi connectivity index (χ1n) is 10.9. The molecule has 4 rings (SSSR count). The number of aryl methyl sites for hydroxylation is 3. The molecule has 164 valence electrons. The zero-order chi connectivity index (χ0) is 22.1. The molecule has 2 aromatic heterocycles. The number of rotatable bonds is 5. The van der Waals surface area contributed by atoms with Gasteiger partial charge in [-0.1, -0.05) is 24.3 Å². The quantitative estimate of drug-likeness (QED) is 0.685. The highest BCUT2D eigenvalue weighted by Crippen LogP contribution is 2.22. The second-order valence-electron chi connectivity index (χ2n) is 8.62. The lowest BCUT2D eigenvalue weighted by Crippen LogP contribution is -2.45. The van der Waals surface area contributed by atoms with Gasteiger partial charge in [-0.05, 0) is 44.9 Å². The summed E-state index contributed by atoms with van der Waals surface area (Å²) in [5.74, 6) is -0.102. The molecule has 1 N–H and O–H groups in total. The fourth-order valence-electron chi connectivity index (χ4n) is 4.56. The zero-order valence-electron chi connectivity index (χ0n) is 19.0. The maximum absolute atomic E-state index is 13.1. The lowest BCUT2D eigenvalue weighted by atomic mass is 10.1. The molecular formula is C24H31N5O2. The number of carbonyl (C=O) groups excluding carboxylic acids is 1. The zero-order valence-corrected chi connectivity index (χ0v) is 19.0. The summed E-state index contributed by atoms with van der Waals surface area (Å²) < 4.78 is 7.59. The van der Waals surface area contributed by atoms with Crippen molar-refractivity contribution in [3.05, 3.63) is 58.4 Å². The van der Waals surface area contributed by atoms with Gasteiger partial charge in [0.2, 0.25) is 0 Å². The van der Waals surface area contributed by atoms with E-state index in [0.29, 0.717) is 12.1 Å². The minimum atomic E-state index is -0.102. The predicted molar refractivity (Wildman–Crippen MR) is 121 cm³/mol. The van der Waals surface area contributed by atoms with E-state index in [-0.39, 0.29) is 18.1 Å². The average Bonchev–Trinajstić information content (AvgIpc) is 2.99. The van der Waals surface area contributed by atoms with Crippen molar-refractivity contribution < 1.29 is 9.53 Å². The molecule has 1 amide bonds. The molecule has 0 saturated carbocycles. The SMILES string of the molecule is Cc1cc(C(=O)NCc2ccccc2CN2CC(C)OC(C)C2)c2c(C)nn(C)c2n1. The largest absolute Gasteiger partial charge is 0.373 e. The lowest BCUT2D eigenvalue weighted by molar-refractivity contribution is -0.0705. The Bertz CT molecular complexity index is 1100. The van der Waals surface area contributed by atoms with E-state index in [9.17, 15) is 4.79 Å². The molecule has 1 saturated heterocycles. The van der Waals surface area contributed by atoms with Crippen LogP contribution >= 0.6 is 0 Å². The van der Waals surface area contributed by atoms with Crippen LogP contribution in [0.15, 0.2) is 30.3 Å². The summed E-state index contributed by atoms with van der Waals surface area (Å²) >= 11 is 0. The Kier molecular flexibility index (Phi) is 6.07. The normalized spacial score (nSPS) is 19.6. The van der Waals surface area contributed by atoms with E-state index in [2.05, 4.69) is 52.3 Å². The molecule has 3 aromatic rings. The van der Waals surface area contributed by atoms with Crippen molar-refractivity contribution in [3.63, 3.8) is 0 Å². The number of pyridine rings is 1. The van der Waals surface area contributed by atoms with Crippen LogP contribution in [0, 0.1) is 13.8 Å². The van der Waals surface area contributed by atoms with Crippen molar-refractivity contribution in [2.45, 2.75) is 53.0 Å². The summed E-state index contributed by atoms with van der Waals surface area (Å²) in [7, 11) is 1.85. The highest BCUT2D eigenvalue weighted by atomic mass is 16.5. The number of aromatic nitrogens is 3. The van der Waals surface area contributed by atoms with Gasteiger partial charge in [-0.15, -0.1) is 0 Å². The summed E-state index contributed by atoms with van der Waals surface area (Å²) in [5, 5.41) is 8.38. The van der Waals surface area contributed by atoms with Crippen LogP contribution < -0.4 is 5.32 Å². The first-order chi connectivity index (χ1) is 14.8. The number of morpholine rings is 1. The number of nitrogens with one attached hydrogen (secondary N) is 1. The van der Waals surface area contributed by atoms with Crippen molar-refractivity contribution >= 4 is 16.9 Å². The molecule has 1 fully saturated rings. The van der Waals surface area contributed by atoms with Gasteiger partial charge in [-0.3, -0.25) is 14.4 Å². The van der Waals surface area contributed by atoms with Gasteiger partial charge in [0.15, 0.2) is 5.65 Å². The van der Waals surface area contributed by atoms with Crippen LogP contribution in [0.5, 0.6) is 0 Å². The van der Waals surface area contributed by atoms with Crippen LogP contribution in [-0.4, -0.2) is 50.9 Å². The third-order valence-corrected chi connectivity index (χ3v) is 5.79. The van der Waals surface area contributed by atoms with Crippen molar-refractivity contribution in [2.75, 3.05) is 13.1 Å². The van der Waals surface area contributed by atoms with E-state index in [4.69, 9.17) is 4.74 Å². The number of nitrogens with zero attached hydrogens (tertiary/aromatic N) is 4. The molecule has 7 heteroatoms. The van der Waals surface area contributed by atoms with Gasteiger partial charge < -0.3 is 10.1 Å². The van der Waals surface area contributed by atoms with Gasteiger partial charge >= 0.3 is 0 Å². The van der Waals surface area contributed by atoms with Crippen LogP contribution in [0.1, 0.15) is 46.7 Å². The summed E-state index contributed by atoms with van der Waals surface area (Å²) in [5.41, 5.74) is 5.34. The number of fused-ring (bicyclic) bond motifs is 1. The molecule has 31 heavy (non-hydrogen) atoms. The van der Waals surface area contributed by atoms with Crippen LogP contribution in [0.4, 0.5) is 0 Å². The molecule has 0 aliphatic carbocycles. The first kappa shape index (κ1) is 21.5. The van der Waals surface area contributed by atoms with E-state index in [0.717, 1.165) is 47.6 Å². The Morgan fingerprint density at radius 3 is 2.55 bits per heavy atom. The van der Waals surface area contributed by atoms with E-state index in [1.165, 1.54) is 5.56 Å². The Labute approximate surface area is 183 Å². The monoisotopic (exact) mass is 421 g/mol. The van der Waals surface area contributed by atoms with E-state index in [1.807, 2.05) is 33.0 Å². The minimum Gasteiger partial charge on any atom is -0.373 e. The summed E-state index contributed by atoms with van der Waals surface area (Å²) in [4.78, 5) is 20.1. The second-order valence-corrected chi connectivity index (χ2v) is 8.62. The molecule has 1 aliphatic heterocycles. The number of ether oxygens (including phenoxy) is 1. The van der Waals surface area contributed by atoms with Gasteiger partial charge in [0.05, 0.1) is 28.9 Å². The Balaban J connectivity index is 1.52. The number of hydrogen-bond acceptors (Lipinski definition) is 5. The topological polar surface area (TPSA) is 72.3 Å². The first-order valence-corrected chi connectivity index (χ1v) is 10.9. The summed E-state index contributed by atoms with van der Waals surface area (Å²) in [6.07, 6.45) is 0.464. The lowest BCUT2D eigenvalue weighted by Gasteiger charge is -2.35. The van der Waals surface area contributed by atoms with Crippen molar-refractivity contribution in [2.24, 2.45) is 7.05 Å². The molecule has 2 unspecified atom stereocenters. The predicted octanol–water partition coefficient (Wildman–Crippen LogP) is 3.12. The van der Waals surface area contributed by atoms with E-state index >= 15 is 0 Å². The molecule has 2 atom stereocenters. The van der Waals surface area contributed by atoms with Gasteiger partial charge in [-0.2, -0.15) is 5.10 Å². The standard InChI is InChI=1S/C24H31N5O2/c1-15-10-21(22-18(4)27-28(5)23(22)26-15)24(30)25-11-19-8-6-7-9-20(19)14-29-12-16(2)31-17(3)13-29/h6-10,16-17H,11-14H2,1-5H3,(H,25,30). The maximum Gasteiger partial charge on any atom is 0.252 e. The smallest absolute Gasteiger partial charge is 0.252 e. The minimum absolute atomic E-state index is 0.102. The highest BCUT2D eigenvalue weighted by molar-refractivity contribution is 6.06.